The number of H-pyrrole nitrogens is 1. The number of anilines is 1. The number of nitrogens with one attached hydrogen (secondary N) is 2. The van der Waals surface area contributed by atoms with E-state index < -0.39 is 0 Å². The molecule has 0 aliphatic rings. The van der Waals surface area contributed by atoms with Crippen LogP contribution in [-0.4, -0.2) is 41.7 Å². The first-order valence-electron chi connectivity index (χ1n) is 10.7. The van der Waals surface area contributed by atoms with Gasteiger partial charge < -0.3 is 19.8 Å². The van der Waals surface area contributed by atoms with E-state index in [0.717, 1.165) is 28.9 Å². The van der Waals surface area contributed by atoms with Crippen LogP contribution in [0.5, 0.6) is 5.75 Å². The summed E-state index contributed by atoms with van der Waals surface area (Å²) in [6.45, 7) is 0.580. The van der Waals surface area contributed by atoms with Crippen molar-refractivity contribution in [1.82, 2.24) is 15.0 Å². The van der Waals surface area contributed by atoms with Crippen molar-refractivity contribution in [2.75, 3.05) is 26.1 Å². The molecular formula is C25H24Cl2N4O3. The Bertz CT molecular complexity index is 1270. The van der Waals surface area contributed by atoms with Crippen molar-refractivity contribution in [1.29, 1.82) is 0 Å². The van der Waals surface area contributed by atoms with Crippen LogP contribution in [-0.2, 0) is 16.0 Å². The lowest BCUT2D eigenvalue weighted by Crippen LogP contribution is -2.15. The first-order chi connectivity index (χ1) is 16.5. The molecule has 2 heterocycles. The van der Waals surface area contributed by atoms with E-state index in [0.29, 0.717) is 23.6 Å². The Morgan fingerprint density at radius 1 is 1.09 bits per heavy atom. The molecule has 0 radical (unpaired) electrons. The smallest absolute Gasteiger partial charge is 0.228 e. The summed E-state index contributed by atoms with van der Waals surface area (Å²) in [5.74, 6) is 1.15. The van der Waals surface area contributed by atoms with Gasteiger partial charge in [0.1, 0.15) is 17.1 Å². The average Bonchev–Trinajstić information content (AvgIpc) is 3.28. The van der Waals surface area contributed by atoms with Crippen molar-refractivity contribution in [2.45, 2.75) is 18.8 Å². The van der Waals surface area contributed by atoms with Crippen LogP contribution in [0, 0.1) is 0 Å². The molecule has 4 aromatic rings. The normalized spacial score (nSPS) is 12.0. The number of hydrogen-bond acceptors (Lipinski definition) is 5. The van der Waals surface area contributed by atoms with Crippen LogP contribution in [0.4, 0.5) is 5.69 Å². The summed E-state index contributed by atoms with van der Waals surface area (Å²) in [5, 5.41) is 3.32. The molecular weight excluding hydrogens is 475 g/mol. The lowest BCUT2D eigenvalue weighted by molar-refractivity contribution is -0.115. The van der Waals surface area contributed by atoms with E-state index in [2.05, 4.69) is 27.4 Å². The van der Waals surface area contributed by atoms with Gasteiger partial charge in [0.05, 0.1) is 34.8 Å². The number of aromatic nitrogens is 3. The Morgan fingerprint density at radius 2 is 1.82 bits per heavy atom. The van der Waals surface area contributed by atoms with E-state index in [4.69, 9.17) is 37.7 Å². The van der Waals surface area contributed by atoms with Gasteiger partial charge >= 0.3 is 0 Å². The molecule has 9 heteroatoms. The fourth-order valence-electron chi connectivity index (χ4n) is 3.89. The standard InChI is InChI=1S/C25H24Cl2N4O3/c1-33-11-10-17(15-6-4-3-5-7-15)25-30-22-16(8-9-20(34-2)24(22)31-25)12-21(32)29-23-18(26)13-28-14-19(23)27/h3-9,13-14,17H,10-12H2,1-2H3,(H,30,31)(H,28,29,32)/t17-/m1/s1. The van der Waals surface area contributed by atoms with Gasteiger partial charge in [-0.15, -0.1) is 0 Å². The van der Waals surface area contributed by atoms with Gasteiger partial charge in [0.15, 0.2) is 0 Å². The highest BCUT2D eigenvalue weighted by Crippen LogP contribution is 2.33. The highest BCUT2D eigenvalue weighted by atomic mass is 35.5. The molecule has 176 valence electrons. The molecule has 0 bridgehead atoms. The van der Waals surface area contributed by atoms with Crippen LogP contribution in [0.15, 0.2) is 54.9 Å². The van der Waals surface area contributed by atoms with Gasteiger partial charge in [-0.25, -0.2) is 4.98 Å². The number of aromatic amines is 1. The molecule has 0 aliphatic carbocycles. The number of nitrogens with zero attached hydrogens (tertiary/aromatic N) is 2. The van der Waals surface area contributed by atoms with Crippen molar-refractivity contribution in [2.24, 2.45) is 0 Å². The summed E-state index contributed by atoms with van der Waals surface area (Å²) < 4.78 is 10.9. The number of carbonyl (C=O) groups is 1. The predicted octanol–water partition coefficient (Wildman–Crippen LogP) is 5.62. The third kappa shape index (κ3) is 5.17. The van der Waals surface area contributed by atoms with Crippen LogP contribution in [0.3, 0.4) is 0 Å². The monoisotopic (exact) mass is 498 g/mol. The van der Waals surface area contributed by atoms with Crippen LogP contribution in [0.1, 0.15) is 29.3 Å². The summed E-state index contributed by atoms with van der Waals surface area (Å²) in [4.78, 5) is 25.1. The minimum Gasteiger partial charge on any atom is -0.494 e. The Labute approximate surface area is 207 Å². The van der Waals surface area contributed by atoms with Crippen LogP contribution < -0.4 is 10.1 Å². The number of rotatable bonds is 9. The van der Waals surface area contributed by atoms with Crippen molar-refractivity contribution >= 4 is 45.8 Å². The molecule has 0 aliphatic heterocycles. The molecule has 4 rings (SSSR count). The van der Waals surface area contributed by atoms with Crippen LogP contribution >= 0.6 is 23.2 Å². The lowest BCUT2D eigenvalue weighted by Gasteiger charge is -2.14. The number of imidazole rings is 1. The van der Waals surface area contributed by atoms with E-state index in [9.17, 15) is 4.79 Å². The number of methoxy groups -OCH3 is 2. The fraction of sp³-hybridized carbons (Fsp3) is 0.240. The first-order valence-corrected chi connectivity index (χ1v) is 11.5. The van der Waals surface area contributed by atoms with Crippen molar-refractivity contribution < 1.29 is 14.3 Å². The fourth-order valence-corrected chi connectivity index (χ4v) is 4.35. The van der Waals surface area contributed by atoms with Crippen LogP contribution in [0.2, 0.25) is 10.0 Å². The second-order valence-corrected chi connectivity index (χ2v) is 8.53. The summed E-state index contributed by atoms with van der Waals surface area (Å²) in [6, 6.07) is 13.8. The molecule has 0 saturated carbocycles. The Kier molecular flexibility index (Phi) is 7.67. The zero-order valence-electron chi connectivity index (χ0n) is 18.8. The van der Waals surface area contributed by atoms with Gasteiger partial charge in [0.25, 0.3) is 0 Å². The molecule has 34 heavy (non-hydrogen) atoms. The molecule has 2 aromatic heterocycles. The van der Waals surface area contributed by atoms with Crippen molar-refractivity contribution in [3.8, 4) is 5.75 Å². The number of amides is 1. The molecule has 2 N–H and O–H groups in total. The molecule has 0 unspecified atom stereocenters. The topological polar surface area (TPSA) is 89.1 Å². The molecule has 0 saturated heterocycles. The van der Waals surface area contributed by atoms with E-state index in [-0.39, 0.29) is 28.3 Å². The van der Waals surface area contributed by atoms with Crippen LogP contribution in [0.25, 0.3) is 11.0 Å². The third-order valence-electron chi connectivity index (χ3n) is 5.54. The molecule has 1 amide bonds. The maximum absolute atomic E-state index is 12.9. The van der Waals surface area contributed by atoms with E-state index in [1.807, 2.05) is 30.3 Å². The summed E-state index contributed by atoms with van der Waals surface area (Å²) in [5.41, 5.74) is 3.62. The average molecular weight is 499 g/mol. The summed E-state index contributed by atoms with van der Waals surface area (Å²) in [6.07, 6.45) is 3.68. The lowest BCUT2D eigenvalue weighted by atomic mass is 9.95. The SMILES string of the molecule is COCC[C@H](c1ccccc1)c1nc2c(CC(=O)Nc3c(Cl)cncc3Cl)ccc(OC)c2[nH]1. The second kappa shape index (κ2) is 10.9. The molecule has 0 fully saturated rings. The van der Waals surface area contributed by atoms with Crippen molar-refractivity contribution in [3.05, 3.63) is 81.9 Å². The van der Waals surface area contributed by atoms with Gasteiger partial charge in [0.2, 0.25) is 5.91 Å². The number of fused-ring (bicyclic) bond motifs is 1. The molecule has 2 aromatic carbocycles. The predicted molar refractivity (Wildman–Crippen MR) is 134 cm³/mol. The van der Waals surface area contributed by atoms with Gasteiger partial charge in [-0.1, -0.05) is 59.6 Å². The Balaban J connectivity index is 1.69. The molecule has 0 spiro atoms. The number of pyridine rings is 1. The largest absolute Gasteiger partial charge is 0.494 e. The minimum atomic E-state index is -0.273. The molecule has 7 nitrogen and oxygen atoms in total. The number of hydrogen-bond donors (Lipinski definition) is 2. The van der Waals surface area contributed by atoms with E-state index in [1.165, 1.54) is 12.4 Å². The Morgan fingerprint density at radius 3 is 2.50 bits per heavy atom. The summed E-state index contributed by atoms with van der Waals surface area (Å²) >= 11 is 12.3. The first kappa shape index (κ1) is 24.0. The van der Waals surface area contributed by atoms with E-state index in [1.54, 1.807) is 14.2 Å². The third-order valence-corrected chi connectivity index (χ3v) is 6.11. The number of carbonyl (C=O) groups excluding carboxylic acids is 1. The number of benzene rings is 2. The number of halogens is 2. The maximum Gasteiger partial charge on any atom is 0.228 e. The second-order valence-electron chi connectivity index (χ2n) is 7.72. The van der Waals surface area contributed by atoms with E-state index >= 15 is 0 Å². The van der Waals surface area contributed by atoms with Gasteiger partial charge in [-0.3, -0.25) is 9.78 Å². The highest BCUT2D eigenvalue weighted by molar-refractivity contribution is 6.39. The van der Waals surface area contributed by atoms with Gasteiger partial charge in [-0.2, -0.15) is 0 Å². The zero-order chi connectivity index (χ0) is 24.1. The van der Waals surface area contributed by atoms with Gasteiger partial charge in [-0.05, 0) is 23.6 Å². The number of ether oxygens (including phenoxy) is 2. The van der Waals surface area contributed by atoms with Gasteiger partial charge in [0, 0.05) is 32.0 Å². The van der Waals surface area contributed by atoms with Crippen molar-refractivity contribution in [3.63, 3.8) is 0 Å². The summed E-state index contributed by atoms with van der Waals surface area (Å²) in [7, 11) is 3.29. The quantitative estimate of drug-likeness (QED) is 0.312. The zero-order valence-corrected chi connectivity index (χ0v) is 20.3. The minimum absolute atomic E-state index is 0.00522. The molecule has 1 atom stereocenters. The Hall–Kier alpha value is -3.13. The highest BCUT2D eigenvalue weighted by Gasteiger charge is 2.22. The maximum atomic E-state index is 12.9.